The predicted octanol–water partition coefficient (Wildman–Crippen LogP) is 2.94. The molecule has 21 heavy (non-hydrogen) atoms. The predicted molar refractivity (Wildman–Crippen MR) is 83.1 cm³/mol. The van der Waals surface area contributed by atoms with Crippen LogP contribution in [0.25, 0.3) is 21.9 Å². The quantitative estimate of drug-likeness (QED) is 0.556. The van der Waals surface area contributed by atoms with Crippen molar-refractivity contribution in [3.63, 3.8) is 0 Å². The second kappa shape index (κ2) is 4.74. The highest BCUT2D eigenvalue weighted by atomic mass is 15.0. The fraction of sp³-hybridized carbons (Fsp3) is 0.176. The van der Waals surface area contributed by atoms with Gasteiger partial charge in [-0.3, -0.25) is 0 Å². The van der Waals surface area contributed by atoms with Crippen molar-refractivity contribution in [2.75, 3.05) is 0 Å². The van der Waals surface area contributed by atoms with Gasteiger partial charge in [0.1, 0.15) is 18.3 Å². The Morgan fingerprint density at radius 2 is 1.90 bits per heavy atom. The maximum Gasteiger partial charge on any atom is 0.287 e. The lowest BCUT2D eigenvalue weighted by Crippen LogP contribution is -2.34. The van der Waals surface area contributed by atoms with E-state index in [1.807, 2.05) is 6.33 Å². The van der Waals surface area contributed by atoms with Gasteiger partial charge < -0.3 is 9.97 Å². The van der Waals surface area contributed by atoms with Crippen LogP contribution in [0.3, 0.4) is 0 Å². The third kappa shape index (κ3) is 2.18. The van der Waals surface area contributed by atoms with Gasteiger partial charge in [-0.25, -0.2) is 4.57 Å². The lowest BCUT2D eigenvalue weighted by atomic mass is 10.2. The van der Waals surface area contributed by atoms with Crippen LogP contribution in [0.15, 0.2) is 48.9 Å². The van der Waals surface area contributed by atoms with E-state index in [1.54, 1.807) is 0 Å². The van der Waals surface area contributed by atoms with Crippen molar-refractivity contribution in [2.24, 2.45) is 0 Å². The normalized spacial score (nSPS) is 11.5. The van der Waals surface area contributed by atoms with Crippen LogP contribution in [0, 0.1) is 0 Å². The van der Waals surface area contributed by atoms with Crippen molar-refractivity contribution in [3.05, 3.63) is 60.3 Å². The maximum absolute atomic E-state index is 4.52. The fourth-order valence-electron chi connectivity index (χ4n) is 2.75. The molecule has 0 bridgehead atoms. The smallest absolute Gasteiger partial charge is 0.287 e. The molecule has 4 nitrogen and oxygen atoms in total. The second-order valence-electron chi connectivity index (χ2n) is 5.37. The van der Waals surface area contributed by atoms with Gasteiger partial charge in [0.2, 0.25) is 5.52 Å². The summed E-state index contributed by atoms with van der Waals surface area (Å²) in [5.74, 6) is 0. The minimum Gasteiger partial charge on any atom is -0.355 e. The van der Waals surface area contributed by atoms with Crippen LogP contribution in [0.1, 0.15) is 18.3 Å². The molecule has 1 aromatic carbocycles. The number of aryl methyl sites for hydroxylation is 1. The molecule has 3 heterocycles. The van der Waals surface area contributed by atoms with E-state index in [0.29, 0.717) is 0 Å². The summed E-state index contributed by atoms with van der Waals surface area (Å²) in [7, 11) is 0. The van der Waals surface area contributed by atoms with Crippen LogP contribution >= 0.6 is 0 Å². The number of benzene rings is 1. The molecule has 4 aromatic rings. The molecule has 0 aliphatic rings. The molecule has 4 rings (SSSR count). The minimum absolute atomic E-state index is 0.790. The molecule has 2 N–H and O–H groups in total. The average molecular weight is 277 g/mol. The summed E-state index contributed by atoms with van der Waals surface area (Å²) in [5, 5.41) is 1.25. The monoisotopic (exact) mass is 277 g/mol. The SMILES string of the molecule is CCc1cc2nc[n+](Cc3cc4ccccc4[nH]3)cc2[nH]1. The molecule has 0 spiro atoms. The molecule has 4 heteroatoms. The van der Waals surface area contributed by atoms with Crippen molar-refractivity contribution in [1.82, 2.24) is 15.0 Å². The zero-order chi connectivity index (χ0) is 14.2. The molecule has 0 saturated carbocycles. The molecule has 0 radical (unpaired) electrons. The van der Waals surface area contributed by atoms with Crippen LogP contribution in [0.2, 0.25) is 0 Å². The largest absolute Gasteiger partial charge is 0.355 e. The molecule has 3 aromatic heterocycles. The first-order chi connectivity index (χ1) is 10.3. The zero-order valence-corrected chi connectivity index (χ0v) is 11.9. The number of H-pyrrole nitrogens is 2. The topological polar surface area (TPSA) is 48.4 Å². The van der Waals surface area contributed by atoms with Gasteiger partial charge in [0, 0.05) is 17.3 Å². The zero-order valence-electron chi connectivity index (χ0n) is 11.9. The van der Waals surface area contributed by atoms with Crippen LogP contribution in [0.5, 0.6) is 0 Å². The van der Waals surface area contributed by atoms with Crippen LogP contribution in [-0.2, 0) is 13.0 Å². The number of nitrogens with one attached hydrogen (secondary N) is 2. The number of nitrogens with zero attached hydrogens (tertiary/aromatic N) is 2. The summed E-state index contributed by atoms with van der Waals surface area (Å²) in [5.41, 5.74) is 5.70. The molecule has 0 atom stereocenters. The van der Waals surface area contributed by atoms with Gasteiger partial charge in [-0.05, 0) is 28.9 Å². The number of para-hydroxylation sites is 1. The molecule has 0 fully saturated rings. The summed E-state index contributed by atoms with van der Waals surface area (Å²) in [6.45, 7) is 2.93. The van der Waals surface area contributed by atoms with Gasteiger partial charge in [-0.1, -0.05) is 25.1 Å². The van der Waals surface area contributed by atoms with Crippen molar-refractivity contribution in [1.29, 1.82) is 0 Å². The Morgan fingerprint density at radius 1 is 1.05 bits per heavy atom. The van der Waals surface area contributed by atoms with Crippen LogP contribution in [0.4, 0.5) is 0 Å². The van der Waals surface area contributed by atoms with Gasteiger partial charge in [0.15, 0.2) is 0 Å². The standard InChI is InChI=1S/C17H16N4/c1-2-13-8-16-17(19-13)10-21(11-18-16)9-14-7-12-5-3-4-6-15(12)20-14/h3-8,10-11,20H,2,9H2,1H3/p+1. The molecule has 0 saturated heterocycles. The minimum atomic E-state index is 0.790. The average Bonchev–Trinajstić information content (AvgIpc) is 3.09. The first kappa shape index (κ1) is 12.1. The van der Waals surface area contributed by atoms with Gasteiger partial charge in [-0.15, -0.1) is 0 Å². The molecule has 0 unspecified atom stereocenters. The molecule has 0 amide bonds. The third-order valence-electron chi connectivity index (χ3n) is 3.84. The lowest BCUT2D eigenvalue weighted by Gasteiger charge is -1.96. The Labute approximate surface area is 122 Å². The Hall–Kier alpha value is -2.62. The molecule has 0 aliphatic carbocycles. The van der Waals surface area contributed by atoms with E-state index in [4.69, 9.17) is 0 Å². The van der Waals surface area contributed by atoms with E-state index in [0.717, 1.165) is 24.0 Å². The summed E-state index contributed by atoms with van der Waals surface area (Å²) < 4.78 is 2.10. The van der Waals surface area contributed by atoms with E-state index in [9.17, 15) is 0 Å². The highest BCUT2D eigenvalue weighted by Crippen LogP contribution is 2.15. The first-order valence-electron chi connectivity index (χ1n) is 7.25. The number of aromatic nitrogens is 4. The summed E-state index contributed by atoms with van der Waals surface area (Å²) >= 11 is 0. The van der Waals surface area contributed by atoms with Crippen LogP contribution in [-0.4, -0.2) is 15.0 Å². The highest BCUT2D eigenvalue weighted by molar-refractivity contribution is 5.80. The first-order valence-corrected chi connectivity index (χ1v) is 7.25. The molecule has 0 aliphatic heterocycles. The number of fused-ring (bicyclic) bond motifs is 2. The number of hydrogen-bond donors (Lipinski definition) is 2. The summed E-state index contributed by atoms with van der Waals surface area (Å²) in [6.07, 6.45) is 5.01. The van der Waals surface area contributed by atoms with Crippen molar-refractivity contribution < 1.29 is 4.57 Å². The van der Waals surface area contributed by atoms with Crippen molar-refractivity contribution >= 4 is 21.9 Å². The van der Waals surface area contributed by atoms with Gasteiger partial charge >= 0.3 is 0 Å². The van der Waals surface area contributed by atoms with Crippen molar-refractivity contribution in [2.45, 2.75) is 19.9 Å². The Balaban J connectivity index is 1.69. The number of hydrogen-bond acceptors (Lipinski definition) is 1. The second-order valence-corrected chi connectivity index (χ2v) is 5.37. The van der Waals surface area contributed by atoms with E-state index < -0.39 is 0 Å². The van der Waals surface area contributed by atoms with Gasteiger partial charge in [0.05, 0.1) is 5.69 Å². The lowest BCUT2D eigenvalue weighted by molar-refractivity contribution is -0.690. The van der Waals surface area contributed by atoms with Gasteiger partial charge in [0.25, 0.3) is 6.33 Å². The number of rotatable bonds is 3. The van der Waals surface area contributed by atoms with E-state index in [2.05, 4.69) is 69.0 Å². The Kier molecular flexibility index (Phi) is 2.74. The van der Waals surface area contributed by atoms with E-state index in [1.165, 1.54) is 22.3 Å². The Morgan fingerprint density at radius 3 is 2.76 bits per heavy atom. The number of aromatic amines is 2. The third-order valence-corrected chi connectivity index (χ3v) is 3.84. The summed E-state index contributed by atoms with van der Waals surface area (Å²) in [4.78, 5) is 11.4. The molecular weight excluding hydrogens is 260 g/mol. The van der Waals surface area contributed by atoms with E-state index >= 15 is 0 Å². The molecular formula is C17H17N4+. The van der Waals surface area contributed by atoms with Crippen molar-refractivity contribution in [3.8, 4) is 0 Å². The van der Waals surface area contributed by atoms with E-state index in [-0.39, 0.29) is 0 Å². The fourth-order valence-corrected chi connectivity index (χ4v) is 2.75. The maximum atomic E-state index is 4.52. The Bertz CT molecular complexity index is 884. The van der Waals surface area contributed by atoms with Crippen LogP contribution < -0.4 is 4.57 Å². The highest BCUT2D eigenvalue weighted by Gasteiger charge is 2.09. The van der Waals surface area contributed by atoms with Gasteiger partial charge in [-0.2, -0.15) is 0 Å². The molecule has 104 valence electrons. The summed E-state index contributed by atoms with van der Waals surface area (Å²) in [6, 6.07) is 12.6.